The molecule has 0 saturated heterocycles. The lowest BCUT2D eigenvalue weighted by Gasteiger charge is -2.13. The Balaban J connectivity index is 1.41. The van der Waals surface area contributed by atoms with Crippen molar-refractivity contribution in [1.29, 1.82) is 0 Å². The number of nitrogens with zero attached hydrogens (tertiary/aromatic N) is 3. The zero-order valence-electron chi connectivity index (χ0n) is 16.9. The van der Waals surface area contributed by atoms with Gasteiger partial charge in [0.1, 0.15) is 11.3 Å². The molecule has 0 saturated carbocycles. The highest BCUT2D eigenvalue weighted by Gasteiger charge is 2.18. The Hall–Kier alpha value is -3.78. The molecule has 0 amide bonds. The fourth-order valence-electron chi connectivity index (χ4n) is 3.61. The molecule has 5 rings (SSSR count). The number of rotatable bonds is 6. The van der Waals surface area contributed by atoms with Crippen LogP contribution < -0.4 is 19.8 Å². The number of aliphatic hydroxyl groups excluding tert-OH is 1. The van der Waals surface area contributed by atoms with Crippen LogP contribution in [0.3, 0.4) is 0 Å². The second-order valence-electron chi connectivity index (χ2n) is 7.20. The average molecular weight is 419 g/mol. The lowest BCUT2D eigenvalue weighted by molar-refractivity contribution is 0.154. The van der Waals surface area contributed by atoms with E-state index in [1.54, 1.807) is 41.2 Å². The van der Waals surface area contributed by atoms with E-state index in [1.165, 1.54) is 4.57 Å². The maximum Gasteiger partial charge on any atom is 0.276 e. The smallest absolute Gasteiger partial charge is 0.276 e. The molecule has 1 N–H and O–H groups in total. The molecular weight excluding hydrogens is 398 g/mol. The summed E-state index contributed by atoms with van der Waals surface area (Å²) in [5.74, 6) is 2.03. The van der Waals surface area contributed by atoms with Crippen molar-refractivity contribution in [3.05, 3.63) is 76.8 Å². The van der Waals surface area contributed by atoms with Crippen LogP contribution in [0.2, 0.25) is 0 Å². The quantitative estimate of drug-likeness (QED) is 0.517. The molecule has 0 aliphatic carbocycles. The van der Waals surface area contributed by atoms with Gasteiger partial charge < -0.3 is 23.9 Å². The molecule has 0 bridgehead atoms. The van der Waals surface area contributed by atoms with E-state index in [0.717, 1.165) is 11.3 Å². The predicted molar refractivity (Wildman–Crippen MR) is 114 cm³/mol. The maximum absolute atomic E-state index is 13.0. The highest BCUT2D eigenvalue weighted by atomic mass is 16.7. The van der Waals surface area contributed by atoms with E-state index in [4.69, 9.17) is 14.2 Å². The van der Waals surface area contributed by atoms with Crippen LogP contribution in [-0.4, -0.2) is 32.7 Å². The molecule has 1 aliphatic heterocycles. The first-order chi connectivity index (χ1) is 15.1. The van der Waals surface area contributed by atoms with Crippen molar-refractivity contribution in [2.24, 2.45) is 0 Å². The number of ether oxygens (including phenoxy) is 3. The van der Waals surface area contributed by atoms with E-state index < -0.39 is 6.10 Å². The molecule has 31 heavy (non-hydrogen) atoms. The molecule has 4 aromatic rings. The Bertz CT molecular complexity index is 1290. The zero-order valence-corrected chi connectivity index (χ0v) is 16.9. The average Bonchev–Trinajstić information content (AvgIpc) is 3.43. The van der Waals surface area contributed by atoms with Gasteiger partial charge >= 0.3 is 0 Å². The second-order valence-corrected chi connectivity index (χ2v) is 7.20. The fraction of sp³-hybridized carbons (Fsp3) is 0.217. The molecule has 1 atom stereocenters. The van der Waals surface area contributed by atoms with Crippen molar-refractivity contribution in [2.45, 2.75) is 19.6 Å². The van der Waals surface area contributed by atoms with Gasteiger partial charge in [-0.1, -0.05) is 6.07 Å². The van der Waals surface area contributed by atoms with Gasteiger partial charge in [0.2, 0.25) is 6.79 Å². The van der Waals surface area contributed by atoms with Crippen molar-refractivity contribution in [3.63, 3.8) is 0 Å². The molecule has 0 fully saturated rings. The topological polar surface area (TPSA) is 87.2 Å². The maximum atomic E-state index is 13.0. The van der Waals surface area contributed by atoms with Crippen molar-refractivity contribution < 1.29 is 19.3 Å². The third-order valence-corrected chi connectivity index (χ3v) is 5.22. The Kier molecular flexibility index (Phi) is 4.83. The Morgan fingerprint density at radius 3 is 2.71 bits per heavy atom. The van der Waals surface area contributed by atoms with Crippen LogP contribution in [-0.2, 0) is 6.54 Å². The summed E-state index contributed by atoms with van der Waals surface area (Å²) in [4.78, 5) is 13.0. The molecule has 2 aromatic heterocycles. The van der Waals surface area contributed by atoms with Crippen molar-refractivity contribution in [3.8, 4) is 28.5 Å². The first-order valence-corrected chi connectivity index (χ1v) is 10.0. The number of hydrogen-bond donors (Lipinski definition) is 1. The lowest BCUT2D eigenvalue weighted by Crippen LogP contribution is -2.24. The van der Waals surface area contributed by atoms with Gasteiger partial charge in [-0.2, -0.15) is 5.10 Å². The zero-order chi connectivity index (χ0) is 21.4. The van der Waals surface area contributed by atoms with Crippen LogP contribution in [0.25, 0.3) is 16.8 Å². The summed E-state index contributed by atoms with van der Waals surface area (Å²) in [7, 11) is 0. The van der Waals surface area contributed by atoms with Gasteiger partial charge in [-0.25, -0.2) is 4.52 Å². The Morgan fingerprint density at radius 2 is 1.90 bits per heavy atom. The molecule has 8 nitrogen and oxygen atoms in total. The molecular formula is C23H21N3O5. The van der Waals surface area contributed by atoms with Crippen LogP contribution >= 0.6 is 0 Å². The van der Waals surface area contributed by atoms with Crippen LogP contribution in [0.1, 0.15) is 18.6 Å². The number of aromatic nitrogens is 3. The summed E-state index contributed by atoms with van der Waals surface area (Å²) in [5, 5.41) is 15.2. The number of aliphatic hydroxyl groups is 1. The molecule has 3 heterocycles. The summed E-state index contributed by atoms with van der Waals surface area (Å²) in [5.41, 5.74) is 2.43. The van der Waals surface area contributed by atoms with Crippen molar-refractivity contribution in [1.82, 2.24) is 14.2 Å². The number of hydrogen-bond acceptors (Lipinski definition) is 6. The summed E-state index contributed by atoms with van der Waals surface area (Å²) in [6, 6.07) is 14.6. The first-order valence-electron chi connectivity index (χ1n) is 10.0. The lowest BCUT2D eigenvalue weighted by atomic mass is 10.1. The van der Waals surface area contributed by atoms with E-state index in [1.807, 2.05) is 31.2 Å². The van der Waals surface area contributed by atoms with E-state index in [9.17, 15) is 9.90 Å². The molecule has 1 aliphatic rings. The van der Waals surface area contributed by atoms with Crippen molar-refractivity contribution >= 4 is 5.52 Å². The Labute approximate surface area is 177 Å². The number of benzene rings is 2. The molecule has 158 valence electrons. The standard InChI is InChI=1S/C23H21N3O5/c1-2-29-17-6-3-15(4-7-17)18-12-19-23(28)25(9-10-26(19)24-18)13-20(27)16-5-8-21-22(11-16)31-14-30-21/h3-12,20,27H,2,13-14H2,1H3/t20-/m1/s1. The third kappa shape index (κ3) is 3.62. The molecule has 0 unspecified atom stereocenters. The van der Waals surface area contributed by atoms with Crippen LogP contribution in [0.5, 0.6) is 17.2 Å². The van der Waals surface area contributed by atoms with Gasteiger partial charge in [-0.15, -0.1) is 0 Å². The summed E-state index contributed by atoms with van der Waals surface area (Å²) < 4.78 is 19.2. The van der Waals surface area contributed by atoms with Gasteiger partial charge in [0, 0.05) is 18.0 Å². The third-order valence-electron chi connectivity index (χ3n) is 5.22. The first kappa shape index (κ1) is 19.2. The van der Waals surface area contributed by atoms with Crippen LogP contribution in [0, 0.1) is 0 Å². The van der Waals surface area contributed by atoms with E-state index in [2.05, 4.69) is 5.10 Å². The highest BCUT2D eigenvalue weighted by molar-refractivity contribution is 5.66. The van der Waals surface area contributed by atoms with Gasteiger partial charge in [0.05, 0.1) is 24.9 Å². The summed E-state index contributed by atoms with van der Waals surface area (Å²) in [6.07, 6.45) is 2.46. The largest absolute Gasteiger partial charge is 0.494 e. The van der Waals surface area contributed by atoms with E-state index >= 15 is 0 Å². The minimum atomic E-state index is -0.872. The van der Waals surface area contributed by atoms with Crippen LogP contribution in [0.4, 0.5) is 0 Å². The van der Waals surface area contributed by atoms with Gasteiger partial charge in [-0.3, -0.25) is 4.79 Å². The molecule has 8 heteroatoms. The van der Waals surface area contributed by atoms with Gasteiger partial charge in [0.25, 0.3) is 5.56 Å². The molecule has 2 aromatic carbocycles. The monoisotopic (exact) mass is 419 g/mol. The summed E-state index contributed by atoms with van der Waals surface area (Å²) >= 11 is 0. The summed E-state index contributed by atoms with van der Waals surface area (Å²) in [6.45, 7) is 2.82. The minimum absolute atomic E-state index is 0.110. The minimum Gasteiger partial charge on any atom is -0.494 e. The van der Waals surface area contributed by atoms with Crippen molar-refractivity contribution in [2.75, 3.05) is 13.4 Å². The Morgan fingerprint density at radius 1 is 1.10 bits per heavy atom. The van der Waals surface area contributed by atoms with Gasteiger partial charge in [0.15, 0.2) is 11.5 Å². The number of fused-ring (bicyclic) bond motifs is 2. The fourth-order valence-corrected chi connectivity index (χ4v) is 3.61. The molecule has 0 spiro atoms. The van der Waals surface area contributed by atoms with Gasteiger partial charge in [-0.05, 0) is 55.0 Å². The van der Waals surface area contributed by atoms with E-state index in [-0.39, 0.29) is 18.9 Å². The SMILES string of the molecule is CCOc1ccc(-c2cc3c(=O)n(C[C@@H](O)c4ccc5c(c4)OCO5)ccn3n2)cc1. The predicted octanol–water partition coefficient (Wildman–Crippen LogP) is 3.02. The van der Waals surface area contributed by atoms with Crippen LogP contribution in [0.15, 0.2) is 65.7 Å². The highest BCUT2D eigenvalue weighted by Crippen LogP contribution is 2.34. The molecule has 0 radical (unpaired) electrons. The second kappa shape index (κ2) is 7.81. The van der Waals surface area contributed by atoms with E-state index in [0.29, 0.717) is 34.9 Å². The normalized spacial score (nSPS) is 13.5.